The standard InChI is InChI=1S/C88H147NO13/c1-3-5-7-9-11-13-15-17-19-21-23-25-27-29-31-32-33-34-35-36-37-38-39-40-41-42-43-44-46-48-50-52-54-56-58-60-62-64-66-68-70-72-80(93)89-76(75-99-87-85(98)83(96)86(79(74-91)101-87)102-88-84(97)82(95)81(94)78(73-90)100-88)77(92)71-69-67-65-63-61-59-57-55-53-51-49-47-45-30-28-26-24-22-20-18-16-14-12-10-8-6-4-2/h5,7,11,13,17,19,23,25,29,31,33-34,36-37,39-40,42-43,46,48,52,54,61,63,69,71,76-79,81-88,90-92,94-98H,3-4,6,8-10,12,14-16,18,20-22,24,26-28,30,32,35,38,41,44-45,47,49-51,53,55-60,62,64-68,70,72-75H2,1-2H3,(H,89,93)/b7-5-,13-11-,19-17-,25-23-,31-29-,34-33-,37-36-,40-39-,43-42-,48-46-,54-52-,63-61+,71-69+. The molecule has 2 aliphatic rings. The largest absolute Gasteiger partial charge is 0.394 e. The summed E-state index contributed by atoms with van der Waals surface area (Å²) >= 11 is 0. The molecule has 0 bridgehead atoms. The summed E-state index contributed by atoms with van der Waals surface area (Å²) in [6.07, 6.45) is 90.3. The van der Waals surface area contributed by atoms with Gasteiger partial charge in [0, 0.05) is 6.42 Å². The van der Waals surface area contributed by atoms with E-state index in [-0.39, 0.29) is 18.9 Å². The molecule has 0 aromatic heterocycles. The van der Waals surface area contributed by atoms with Crippen molar-refractivity contribution < 1.29 is 64.6 Å². The highest BCUT2D eigenvalue weighted by Crippen LogP contribution is 2.30. The molecular formula is C88H147NO13. The number of hydrogen-bond acceptors (Lipinski definition) is 13. The van der Waals surface area contributed by atoms with Crippen LogP contribution in [0.3, 0.4) is 0 Å². The smallest absolute Gasteiger partial charge is 0.220 e. The Kier molecular flexibility index (Phi) is 64.0. The molecule has 0 aromatic rings. The molecule has 14 nitrogen and oxygen atoms in total. The van der Waals surface area contributed by atoms with Gasteiger partial charge in [-0.15, -0.1) is 0 Å². The number of rotatable bonds is 66. The Morgan fingerprint density at radius 1 is 0.363 bits per heavy atom. The number of aliphatic hydroxyl groups is 8. The molecule has 2 rings (SSSR count). The number of unbranched alkanes of at least 4 members (excludes halogenated alkanes) is 29. The fourth-order valence-corrected chi connectivity index (χ4v) is 12.3. The van der Waals surface area contributed by atoms with Gasteiger partial charge in [-0.25, -0.2) is 0 Å². The predicted octanol–water partition coefficient (Wildman–Crippen LogP) is 18.9. The van der Waals surface area contributed by atoms with Gasteiger partial charge in [-0.2, -0.15) is 0 Å². The average molecular weight is 1430 g/mol. The molecule has 0 spiro atoms. The molecule has 0 radical (unpaired) electrons. The fourth-order valence-electron chi connectivity index (χ4n) is 12.3. The van der Waals surface area contributed by atoms with E-state index in [4.69, 9.17) is 18.9 Å². The second kappa shape index (κ2) is 69.6. The Hall–Kier alpha value is -4.39. The van der Waals surface area contributed by atoms with Crippen LogP contribution >= 0.6 is 0 Å². The maximum Gasteiger partial charge on any atom is 0.220 e. The fraction of sp³-hybridized carbons (Fsp3) is 0.693. The average Bonchev–Trinajstić information content (AvgIpc) is 0.790. The molecule has 0 aliphatic carbocycles. The van der Waals surface area contributed by atoms with Crippen LogP contribution in [-0.4, -0.2) is 140 Å². The third-order valence-corrected chi connectivity index (χ3v) is 18.7. The molecule has 0 saturated carbocycles. The van der Waals surface area contributed by atoms with E-state index in [1.165, 1.54) is 135 Å². The van der Waals surface area contributed by atoms with Crippen molar-refractivity contribution in [3.8, 4) is 0 Å². The van der Waals surface area contributed by atoms with Crippen molar-refractivity contribution in [1.82, 2.24) is 5.32 Å². The van der Waals surface area contributed by atoms with Gasteiger partial charge in [0.2, 0.25) is 5.91 Å². The first-order chi connectivity index (χ1) is 50.1. The van der Waals surface area contributed by atoms with Gasteiger partial charge in [0.1, 0.15) is 48.8 Å². The number of allylic oxidation sites excluding steroid dienone is 25. The number of amides is 1. The van der Waals surface area contributed by atoms with Gasteiger partial charge < -0.3 is 65.1 Å². The highest BCUT2D eigenvalue weighted by molar-refractivity contribution is 5.76. The molecule has 0 aromatic carbocycles. The minimum absolute atomic E-state index is 0.251. The molecule has 2 aliphatic heterocycles. The van der Waals surface area contributed by atoms with Gasteiger partial charge >= 0.3 is 0 Å². The van der Waals surface area contributed by atoms with Crippen LogP contribution in [0.4, 0.5) is 0 Å². The second-order valence-electron chi connectivity index (χ2n) is 27.8. The van der Waals surface area contributed by atoms with Crippen molar-refractivity contribution in [2.75, 3.05) is 19.8 Å². The lowest BCUT2D eigenvalue weighted by Crippen LogP contribution is -2.65. The van der Waals surface area contributed by atoms with Crippen LogP contribution in [0, 0.1) is 0 Å². The van der Waals surface area contributed by atoms with E-state index < -0.39 is 86.8 Å². The Labute approximate surface area is 620 Å². The van der Waals surface area contributed by atoms with Gasteiger partial charge in [0.25, 0.3) is 0 Å². The monoisotopic (exact) mass is 1430 g/mol. The zero-order valence-corrected chi connectivity index (χ0v) is 63.8. The molecule has 102 heavy (non-hydrogen) atoms. The van der Waals surface area contributed by atoms with Crippen LogP contribution in [-0.2, 0) is 23.7 Å². The lowest BCUT2D eigenvalue weighted by Gasteiger charge is -2.46. The minimum Gasteiger partial charge on any atom is -0.394 e. The van der Waals surface area contributed by atoms with E-state index in [9.17, 15) is 45.6 Å². The van der Waals surface area contributed by atoms with E-state index in [1.807, 2.05) is 6.08 Å². The zero-order chi connectivity index (χ0) is 73.7. The summed E-state index contributed by atoms with van der Waals surface area (Å²) in [4.78, 5) is 13.4. The normalized spacial score (nSPS) is 22.5. The first-order valence-electron chi connectivity index (χ1n) is 40.7. The molecular weight excluding hydrogens is 1280 g/mol. The van der Waals surface area contributed by atoms with Crippen LogP contribution in [0.15, 0.2) is 158 Å². The molecule has 9 N–H and O–H groups in total. The molecule has 2 heterocycles. The highest BCUT2D eigenvalue weighted by Gasteiger charge is 2.51. The number of carbonyl (C=O) groups excluding carboxylic acids is 1. The van der Waals surface area contributed by atoms with Gasteiger partial charge in [-0.05, 0) is 116 Å². The number of hydrogen-bond donors (Lipinski definition) is 9. The summed E-state index contributed by atoms with van der Waals surface area (Å²) in [6, 6.07) is -0.951. The lowest BCUT2D eigenvalue weighted by atomic mass is 9.97. The Morgan fingerprint density at radius 3 is 1.08 bits per heavy atom. The molecule has 2 saturated heterocycles. The maximum absolute atomic E-state index is 13.4. The Morgan fingerprint density at radius 2 is 0.686 bits per heavy atom. The summed E-state index contributed by atoms with van der Waals surface area (Å²) in [5, 5.41) is 87.7. The van der Waals surface area contributed by atoms with Crippen molar-refractivity contribution in [3.05, 3.63) is 158 Å². The van der Waals surface area contributed by atoms with Gasteiger partial charge in [0.05, 0.1) is 32.0 Å². The number of ether oxygens (including phenoxy) is 4. The van der Waals surface area contributed by atoms with Crippen molar-refractivity contribution in [3.63, 3.8) is 0 Å². The van der Waals surface area contributed by atoms with Gasteiger partial charge in [-0.3, -0.25) is 4.79 Å². The SMILES string of the molecule is CC/C=C\C/C=C\C/C=C\C/C=C\C/C=C\C/C=C\C/C=C\C/C=C\C/C=C\C/C=C\C/C=C\CCCCCCCCCC(=O)NC(COC1OC(CO)C(OC2OC(CO)C(O)C(O)C2O)C(O)C1O)C(O)/C=C/CC/C=C/CCCCCCCCCCCCCCCCCCCCCCC. The van der Waals surface area contributed by atoms with E-state index in [2.05, 4.69) is 165 Å². The summed E-state index contributed by atoms with van der Waals surface area (Å²) in [5.74, 6) is -0.264. The first kappa shape index (κ1) is 93.7. The summed E-state index contributed by atoms with van der Waals surface area (Å²) in [7, 11) is 0. The van der Waals surface area contributed by atoms with Crippen molar-refractivity contribution in [1.29, 1.82) is 0 Å². The molecule has 1 amide bonds. The van der Waals surface area contributed by atoms with Crippen molar-refractivity contribution in [2.45, 2.75) is 370 Å². The molecule has 582 valence electrons. The predicted molar refractivity (Wildman–Crippen MR) is 424 cm³/mol. The molecule has 12 unspecified atom stereocenters. The lowest BCUT2D eigenvalue weighted by molar-refractivity contribution is -0.359. The van der Waals surface area contributed by atoms with Gasteiger partial charge in [-0.1, -0.05) is 332 Å². The second-order valence-corrected chi connectivity index (χ2v) is 27.8. The topological polar surface area (TPSA) is 228 Å². The quantitative estimate of drug-likeness (QED) is 0.0204. The van der Waals surface area contributed by atoms with Crippen LogP contribution < -0.4 is 5.32 Å². The highest BCUT2D eigenvalue weighted by atomic mass is 16.7. The minimum atomic E-state index is -1.80. The van der Waals surface area contributed by atoms with Crippen LogP contribution in [0.25, 0.3) is 0 Å². The maximum atomic E-state index is 13.4. The first-order valence-corrected chi connectivity index (χ1v) is 40.7. The molecule has 14 heteroatoms. The summed E-state index contributed by atoms with van der Waals surface area (Å²) in [6.45, 7) is 2.68. The van der Waals surface area contributed by atoms with E-state index in [1.54, 1.807) is 6.08 Å². The van der Waals surface area contributed by atoms with Crippen LogP contribution in [0.1, 0.15) is 296 Å². The van der Waals surface area contributed by atoms with E-state index in [0.717, 1.165) is 128 Å². The molecule has 2 fully saturated rings. The third kappa shape index (κ3) is 51.7. The van der Waals surface area contributed by atoms with Crippen molar-refractivity contribution >= 4 is 5.91 Å². The number of carbonyl (C=O) groups is 1. The van der Waals surface area contributed by atoms with E-state index in [0.29, 0.717) is 12.8 Å². The Balaban J connectivity index is 1.65. The number of nitrogens with one attached hydrogen (secondary N) is 1. The van der Waals surface area contributed by atoms with Gasteiger partial charge in [0.15, 0.2) is 12.6 Å². The number of aliphatic hydroxyl groups excluding tert-OH is 8. The van der Waals surface area contributed by atoms with Crippen LogP contribution in [0.2, 0.25) is 0 Å². The van der Waals surface area contributed by atoms with Crippen molar-refractivity contribution in [2.24, 2.45) is 0 Å². The third-order valence-electron chi connectivity index (χ3n) is 18.7. The zero-order valence-electron chi connectivity index (χ0n) is 63.8. The summed E-state index contributed by atoms with van der Waals surface area (Å²) in [5.41, 5.74) is 0. The Bertz CT molecular complexity index is 2330. The van der Waals surface area contributed by atoms with Crippen LogP contribution in [0.5, 0.6) is 0 Å². The molecule has 12 atom stereocenters. The summed E-state index contributed by atoms with van der Waals surface area (Å²) < 4.78 is 22.9. The van der Waals surface area contributed by atoms with E-state index >= 15 is 0 Å².